The van der Waals surface area contributed by atoms with Gasteiger partial charge in [-0.2, -0.15) is 8.42 Å². The second-order valence-electron chi connectivity index (χ2n) is 6.87. The summed E-state index contributed by atoms with van der Waals surface area (Å²) in [5, 5.41) is 0.206. The zero-order valence-corrected chi connectivity index (χ0v) is 16.8. The summed E-state index contributed by atoms with van der Waals surface area (Å²) in [6.45, 7) is 0. The molecule has 4 aromatic carbocycles. The van der Waals surface area contributed by atoms with E-state index in [0.29, 0.717) is 0 Å². The van der Waals surface area contributed by atoms with Crippen molar-refractivity contribution in [1.29, 1.82) is 0 Å². The van der Waals surface area contributed by atoms with Gasteiger partial charge in [-0.05, 0) is 18.2 Å². The van der Waals surface area contributed by atoms with Crippen molar-refractivity contribution in [2.24, 2.45) is 0 Å². The molecule has 0 N–H and O–H groups in total. The van der Waals surface area contributed by atoms with Crippen molar-refractivity contribution >= 4 is 63.2 Å². The van der Waals surface area contributed by atoms with Crippen molar-refractivity contribution in [2.75, 3.05) is 6.26 Å². The fourth-order valence-electron chi connectivity index (χ4n) is 3.71. The molecule has 148 valence electrons. The van der Waals surface area contributed by atoms with Crippen LogP contribution in [0.5, 0.6) is 5.75 Å². The van der Waals surface area contributed by atoms with Gasteiger partial charge >= 0.3 is 10.1 Å². The van der Waals surface area contributed by atoms with Gasteiger partial charge in [-0.25, -0.2) is 0 Å². The average molecular weight is 438 g/mol. The number of hydrogen-bond donors (Lipinski definition) is 0. The normalized spacial score (nSPS) is 12.3. The Hall–Kier alpha value is -3.43. The lowest BCUT2D eigenvalue weighted by Gasteiger charge is -2.04. The van der Waals surface area contributed by atoms with Gasteiger partial charge in [0.25, 0.3) is 0 Å². The summed E-state index contributed by atoms with van der Waals surface area (Å²) in [4.78, 5) is 52.3. The predicted octanol–water partition coefficient (Wildman–Crippen LogP) is 2.02. The minimum atomic E-state index is -3.84. The summed E-state index contributed by atoms with van der Waals surface area (Å²) in [6.07, 6.45) is 0.856. The van der Waals surface area contributed by atoms with E-state index in [9.17, 15) is 27.6 Å². The minimum absolute atomic E-state index is 0.0313. The largest absolute Gasteiger partial charge is 0.383 e. The fourth-order valence-corrected chi connectivity index (χ4v) is 5.37. The first-order valence-electron chi connectivity index (χ1n) is 8.65. The molecule has 0 aliphatic rings. The van der Waals surface area contributed by atoms with E-state index in [2.05, 4.69) is 0 Å². The van der Waals surface area contributed by atoms with Crippen LogP contribution in [0.3, 0.4) is 0 Å². The van der Waals surface area contributed by atoms with Gasteiger partial charge in [0.2, 0.25) is 10.9 Å². The highest BCUT2D eigenvalue weighted by molar-refractivity contribution is 7.86. The van der Waals surface area contributed by atoms with Gasteiger partial charge in [0.15, 0.2) is 10.9 Å². The predicted molar refractivity (Wildman–Crippen MR) is 117 cm³/mol. The topological polar surface area (TPSA) is 112 Å². The molecule has 0 saturated heterocycles. The minimum Gasteiger partial charge on any atom is -0.383 e. The summed E-state index contributed by atoms with van der Waals surface area (Å²) in [5.41, 5.74) is -2.04. The van der Waals surface area contributed by atoms with E-state index in [0.717, 1.165) is 23.7 Å². The van der Waals surface area contributed by atoms with Gasteiger partial charge in [-0.1, -0.05) is 24.3 Å². The van der Waals surface area contributed by atoms with Crippen LogP contribution in [0.1, 0.15) is 0 Å². The zero-order chi connectivity index (χ0) is 21.4. The SMILES string of the molecule is CS(=O)(=O)Oc1ccc2c(=O)c3sc4c(=O)c5ccccc5c(=O)c4c3c(=O)c2c1. The maximum Gasteiger partial charge on any atom is 0.306 e. The maximum absolute atomic E-state index is 13.3. The summed E-state index contributed by atoms with van der Waals surface area (Å²) >= 11 is 0.835. The summed E-state index contributed by atoms with van der Waals surface area (Å²) in [5.74, 6) is -0.127. The molecule has 0 aliphatic heterocycles. The Morgan fingerprint density at radius 3 is 1.77 bits per heavy atom. The van der Waals surface area contributed by atoms with Crippen molar-refractivity contribution in [1.82, 2.24) is 0 Å². The van der Waals surface area contributed by atoms with Crippen LogP contribution < -0.4 is 25.9 Å². The van der Waals surface area contributed by atoms with E-state index in [1.54, 1.807) is 12.1 Å². The van der Waals surface area contributed by atoms with Crippen LogP contribution in [0.25, 0.3) is 41.7 Å². The van der Waals surface area contributed by atoms with Crippen LogP contribution in [0.2, 0.25) is 0 Å². The van der Waals surface area contributed by atoms with Crippen LogP contribution in [0, 0.1) is 0 Å². The van der Waals surface area contributed by atoms with Crippen LogP contribution >= 0.6 is 11.3 Å². The molecule has 0 fully saturated rings. The van der Waals surface area contributed by atoms with E-state index in [4.69, 9.17) is 4.18 Å². The van der Waals surface area contributed by atoms with Gasteiger partial charge in [0, 0.05) is 21.5 Å². The molecule has 5 rings (SSSR count). The van der Waals surface area contributed by atoms with Crippen molar-refractivity contribution in [3.8, 4) is 5.75 Å². The second kappa shape index (κ2) is 6.04. The summed E-state index contributed by atoms with van der Waals surface area (Å²) in [7, 11) is -3.84. The lowest BCUT2D eigenvalue weighted by Crippen LogP contribution is -2.15. The molecule has 0 aliphatic carbocycles. The molecule has 0 bridgehead atoms. The molecule has 0 atom stereocenters. The molecule has 7 nitrogen and oxygen atoms in total. The third kappa shape index (κ3) is 2.52. The van der Waals surface area contributed by atoms with Gasteiger partial charge in [0.1, 0.15) is 5.75 Å². The Bertz CT molecular complexity index is 1870. The standard InChI is InChI=1S/C21H10O7S2/c1-30(26,27)28-9-6-7-12-13(8-9)17(23)15-14-16(22)10-4-2-3-5-11(10)18(24)20(14)29-21(15)19(12)25/h2-8H,1H3. The van der Waals surface area contributed by atoms with E-state index < -0.39 is 31.8 Å². The number of benzene rings is 4. The van der Waals surface area contributed by atoms with Gasteiger partial charge in [-0.3, -0.25) is 19.2 Å². The van der Waals surface area contributed by atoms with Gasteiger partial charge in [0.05, 0.1) is 26.4 Å². The second-order valence-corrected chi connectivity index (χ2v) is 9.46. The first kappa shape index (κ1) is 18.6. The van der Waals surface area contributed by atoms with E-state index >= 15 is 0 Å². The lowest BCUT2D eigenvalue weighted by atomic mass is 10.0. The first-order chi connectivity index (χ1) is 14.2. The quantitative estimate of drug-likeness (QED) is 0.388. The number of thiophene rings is 1. The number of rotatable bonds is 2. The Kier molecular flexibility index (Phi) is 3.74. The molecule has 0 unspecified atom stereocenters. The van der Waals surface area contributed by atoms with Crippen LogP contribution in [-0.2, 0) is 10.1 Å². The molecular weight excluding hydrogens is 428 g/mol. The molecule has 1 heterocycles. The summed E-state index contributed by atoms with van der Waals surface area (Å²) in [6, 6.07) is 10.0. The number of fused-ring (bicyclic) bond motifs is 5. The average Bonchev–Trinajstić information content (AvgIpc) is 3.10. The van der Waals surface area contributed by atoms with Crippen molar-refractivity contribution in [3.05, 3.63) is 83.4 Å². The highest BCUT2D eigenvalue weighted by atomic mass is 32.2. The molecule has 0 saturated carbocycles. The Morgan fingerprint density at radius 2 is 1.20 bits per heavy atom. The van der Waals surface area contributed by atoms with E-state index in [1.165, 1.54) is 24.3 Å². The molecule has 9 heteroatoms. The maximum atomic E-state index is 13.3. The van der Waals surface area contributed by atoms with Crippen molar-refractivity contribution in [2.45, 2.75) is 0 Å². The van der Waals surface area contributed by atoms with E-state index in [-0.39, 0.29) is 47.5 Å². The highest BCUT2D eigenvalue weighted by Gasteiger charge is 2.22. The molecular formula is C21H10O7S2. The Morgan fingerprint density at radius 1 is 0.700 bits per heavy atom. The van der Waals surface area contributed by atoms with Gasteiger partial charge in [-0.15, -0.1) is 11.3 Å². The molecule has 1 aromatic heterocycles. The van der Waals surface area contributed by atoms with Gasteiger partial charge < -0.3 is 4.18 Å². The zero-order valence-electron chi connectivity index (χ0n) is 15.2. The molecule has 30 heavy (non-hydrogen) atoms. The highest BCUT2D eigenvalue weighted by Crippen LogP contribution is 2.29. The molecule has 0 amide bonds. The molecule has 0 radical (unpaired) electrons. The van der Waals surface area contributed by atoms with Crippen molar-refractivity contribution < 1.29 is 12.6 Å². The monoisotopic (exact) mass is 438 g/mol. The summed E-state index contributed by atoms with van der Waals surface area (Å²) < 4.78 is 27.7. The Balaban J connectivity index is 2.04. The van der Waals surface area contributed by atoms with Crippen LogP contribution in [0.15, 0.2) is 61.6 Å². The van der Waals surface area contributed by atoms with E-state index in [1.807, 2.05) is 0 Å². The molecule has 0 spiro atoms. The first-order valence-corrected chi connectivity index (χ1v) is 11.3. The molecule has 5 aromatic rings. The van der Waals surface area contributed by atoms with Crippen LogP contribution in [-0.4, -0.2) is 14.7 Å². The fraction of sp³-hybridized carbons (Fsp3) is 0.0476. The third-order valence-corrected chi connectivity index (χ3v) is 6.60. The third-order valence-electron chi connectivity index (χ3n) is 4.92. The lowest BCUT2D eigenvalue weighted by molar-refractivity contribution is 0.493. The van der Waals surface area contributed by atoms with Crippen molar-refractivity contribution in [3.63, 3.8) is 0 Å². The smallest absolute Gasteiger partial charge is 0.306 e. The Labute approximate surface area is 171 Å². The van der Waals surface area contributed by atoms with Crippen LogP contribution in [0.4, 0.5) is 0 Å². The number of hydrogen-bond acceptors (Lipinski definition) is 8.